The predicted octanol–water partition coefficient (Wildman–Crippen LogP) is 8.89. The van der Waals surface area contributed by atoms with Crippen LogP contribution in [0.5, 0.6) is 0 Å². The Morgan fingerprint density at radius 1 is 0.444 bits per heavy atom. The number of hydrogen-bond donors (Lipinski definition) is 0. The molecule has 0 unspecified atom stereocenters. The van der Waals surface area contributed by atoms with Gasteiger partial charge in [0.2, 0.25) is 0 Å². The number of rotatable bonds is 22. The van der Waals surface area contributed by atoms with Crippen LogP contribution in [-0.4, -0.2) is 47.8 Å². The van der Waals surface area contributed by atoms with E-state index in [1.165, 1.54) is 77.0 Å². The molecule has 1 aromatic carbocycles. The Hall–Kier alpha value is -1.84. The van der Waals surface area contributed by atoms with Crippen LogP contribution < -0.4 is 0 Å². The van der Waals surface area contributed by atoms with Gasteiger partial charge in [-0.25, -0.2) is 0 Å². The summed E-state index contributed by atoms with van der Waals surface area (Å²) in [4.78, 5) is 30.7. The first-order valence-corrected chi connectivity index (χ1v) is 15.3. The maximum Gasteiger partial charge on any atom is 0.253 e. The largest absolute Gasteiger partial charge is 0.339 e. The molecule has 0 N–H and O–H groups in total. The van der Waals surface area contributed by atoms with E-state index in [-0.39, 0.29) is 11.8 Å². The first-order valence-electron chi connectivity index (χ1n) is 15.3. The minimum absolute atomic E-state index is 0.109. The van der Waals surface area contributed by atoms with Crippen molar-refractivity contribution in [3.63, 3.8) is 0 Å². The van der Waals surface area contributed by atoms with Crippen molar-refractivity contribution in [2.75, 3.05) is 26.2 Å². The summed E-state index contributed by atoms with van der Waals surface area (Å²) in [5, 5.41) is 0. The van der Waals surface area contributed by atoms with Crippen LogP contribution >= 0.6 is 0 Å². The molecular formula is C32H56N2O2. The molecule has 1 rings (SSSR count). The number of hydrogen-bond acceptors (Lipinski definition) is 2. The first-order chi connectivity index (χ1) is 17.6. The number of nitrogens with zero attached hydrogens (tertiary/aromatic N) is 2. The molecule has 0 heterocycles. The fourth-order valence-corrected chi connectivity index (χ4v) is 4.67. The lowest BCUT2D eigenvalue weighted by molar-refractivity contribution is 0.0737. The van der Waals surface area contributed by atoms with Crippen LogP contribution in [0.1, 0.15) is 151 Å². The van der Waals surface area contributed by atoms with Gasteiger partial charge in [-0.15, -0.1) is 0 Å². The Kier molecular flexibility index (Phi) is 19.0. The molecule has 0 bridgehead atoms. The molecule has 2 amide bonds. The first kappa shape index (κ1) is 32.2. The predicted molar refractivity (Wildman–Crippen MR) is 155 cm³/mol. The Morgan fingerprint density at radius 2 is 0.694 bits per heavy atom. The molecule has 0 spiro atoms. The summed E-state index contributed by atoms with van der Waals surface area (Å²) in [5.41, 5.74) is 1.41. The van der Waals surface area contributed by atoms with Gasteiger partial charge in [-0.2, -0.15) is 0 Å². The fraction of sp³-hybridized carbons (Fsp3) is 0.750. The van der Waals surface area contributed by atoms with Gasteiger partial charge in [0, 0.05) is 37.3 Å². The molecule has 0 aliphatic rings. The Morgan fingerprint density at radius 3 is 0.917 bits per heavy atom. The van der Waals surface area contributed by atoms with Crippen LogP contribution in [0, 0.1) is 0 Å². The molecule has 0 saturated heterocycles. The smallest absolute Gasteiger partial charge is 0.253 e. The lowest BCUT2D eigenvalue weighted by Crippen LogP contribution is -2.34. The van der Waals surface area contributed by atoms with Gasteiger partial charge >= 0.3 is 0 Å². The Labute approximate surface area is 223 Å². The van der Waals surface area contributed by atoms with E-state index in [1.54, 1.807) is 0 Å². The second kappa shape index (κ2) is 21.3. The fourth-order valence-electron chi connectivity index (χ4n) is 4.67. The highest BCUT2D eigenvalue weighted by atomic mass is 16.2. The molecule has 206 valence electrons. The molecule has 4 heteroatoms. The van der Waals surface area contributed by atoms with Crippen molar-refractivity contribution in [2.45, 2.75) is 130 Å². The van der Waals surface area contributed by atoms with E-state index in [2.05, 4.69) is 27.7 Å². The molecule has 0 atom stereocenters. The van der Waals surface area contributed by atoms with Crippen molar-refractivity contribution in [3.8, 4) is 0 Å². The van der Waals surface area contributed by atoms with Gasteiger partial charge in [-0.3, -0.25) is 9.59 Å². The summed E-state index contributed by atoms with van der Waals surface area (Å²) in [6, 6.07) is 7.47. The van der Waals surface area contributed by atoms with Crippen molar-refractivity contribution in [1.29, 1.82) is 0 Å². The summed E-state index contributed by atoms with van der Waals surface area (Å²) in [6.45, 7) is 12.2. The molecule has 0 aliphatic heterocycles. The maximum atomic E-state index is 13.3. The average Bonchev–Trinajstić information content (AvgIpc) is 2.90. The highest BCUT2D eigenvalue weighted by molar-refractivity contribution is 5.97. The highest BCUT2D eigenvalue weighted by Crippen LogP contribution is 2.15. The van der Waals surface area contributed by atoms with Crippen molar-refractivity contribution < 1.29 is 9.59 Å². The normalized spacial score (nSPS) is 11.0. The van der Waals surface area contributed by atoms with Crippen LogP contribution in [-0.2, 0) is 0 Å². The molecule has 0 aliphatic carbocycles. The van der Waals surface area contributed by atoms with Gasteiger partial charge in [0.1, 0.15) is 0 Å². The van der Waals surface area contributed by atoms with Crippen LogP contribution in [0.4, 0.5) is 0 Å². The van der Waals surface area contributed by atoms with Gasteiger partial charge in [0.25, 0.3) is 11.8 Å². The molecule has 4 nitrogen and oxygen atoms in total. The zero-order chi connectivity index (χ0) is 26.4. The van der Waals surface area contributed by atoms with Gasteiger partial charge in [-0.1, -0.05) is 105 Å². The van der Waals surface area contributed by atoms with E-state index < -0.39 is 0 Å². The molecule has 0 fully saturated rings. The highest BCUT2D eigenvalue weighted by Gasteiger charge is 2.18. The lowest BCUT2D eigenvalue weighted by atomic mass is 10.1. The molecule has 0 saturated carbocycles. The summed E-state index contributed by atoms with van der Waals surface area (Å²) in [7, 11) is 0. The molecule has 0 aromatic heterocycles. The van der Waals surface area contributed by atoms with Gasteiger partial charge < -0.3 is 9.80 Å². The maximum absolute atomic E-state index is 13.3. The molecule has 36 heavy (non-hydrogen) atoms. The van der Waals surface area contributed by atoms with Crippen molar-refractivity contribution in [2.24, 2.45) is 0 Å². The third-order valence-electron chi connectivity index (χ3n) is 7.08. The number of unbranched alkanes of at least 4 members (excludes halogenated alkanes) is 12. The quantitative estimate of drug-likeness (QED) is 0.149. The number of benzene rings is 1. The monoisotopic (exact) mass is 500 g/mol. The van der Waals surface area contributed by atoms with E-state index in [1.807, 2.05) is 34.1 Å². The summed E-state index contributed by atoms with van der Waals surface area (Å²) < 4.78 is 0. The topological polar surface area (TPSA) is 40.6 Å². The minimum Gasteiger partial charge on any atom is -0.339 e. The average molecular weight is 501 g/mol. The molecular weight excluding hydrogens is 444 g/mol. The van der Waals surface area contributed by atoms with E-state index in [4.69, 9.17) is 0 Å². The lowest BCUT2D eigenvalue weighted by Gasteiger charge is -2.24. The van der Waals surface area contributed by atoms with Crippen molar-refractivity contribution in [1.82, 2.24) is 9.80 Å². The van der Waals surface area contributed by atoms with E-state index in [9.17, 15) is 9.59 Å². The van der Waals surface area contributed by atoms with Crippen LogP contribution in [0.25, 0.3) is 0 Å². The van der Waals surface area contributed by atoms with Crippen LogP contribution in [0.15, 0.2) is 24.3 Å². The van der Waals surface area contributed by atoms with Crippen molar-refractivity contribution in [3.05, 3.63) is 35.4 Å². The Balaban J connectivity index is 2.82. The zero-order valence-electron chi connectivity index (χ0n) is 24.2. The summed E-state index contributed by atoms with van der Waals surface area (Å²) in [6.07, 6.45) is 18.7. The van der Waals surface area contributed by atoms with E-state index in [0.717, 1.165) is 51.9 Å². The summed E-state index contributed by atoms with van der Waals surface area (Å²) in [5.74, 6) is 0.218. The Bertz CT molecular complexity index is 603. The number of carbonyl (C=O) groups is 2. The van der Waals surface area contributed by atoms with Gasteiger partial charge in [-0.05, 0) is 49.9 Å². The number of carbonyl (C=O) groups excluding carboxylic acids is 2. The van der Waals surface area contributed by atoms with E-state index in [0.29, 0.717) is 11.1 Å². The number of amides is 2. The second-order valence-electron chi connectivity index (χ2n) is 10.4. The minimum atomic E-state index is 0.109. The van der Waals surface area contributed by atoms with Crippen LogP contribution in [0.2, 0.25) is 0 Å². The van der Waals surface area contributed by atoms with Crippen LogP contribution in [0.3, 0.4) is 0 Å². The third kappa shape index (κ3) is 13.5. The molecule has 0 radical (unpaired) electrons. The standard InChI is InChI=1S/C32H56N2O2/c1-5-9-13-17-25-33(26-18-14-10-6-2)31(35)29-21-23-30(24-22-29)32(36)34(27-19-15-11-7-3)28-20-16-12-8-4/h21-24H,5-20,25-28H2,1-4H3. The SMILES string of the molecule is CCCCCCN(CCCCCC)C(=O)c1ccc(C(=O)N(CCCCCC)CCCCCC)cc1. The second-order valence-corrected chi connectivity index (χ2v) is 10.4. The van der Waals surface area contributed by atoms with Gasteiger partial charge in [0.05, 0.1) is 0 Å². The summed E-state index contributed by atoms with van der Waals surface area (Å²) >= 11 is 0. The zero-order valence-corrected chi connectivity index (χ0v) is 24.2. The third-order valence-corrected chi connectivity index (χ3v) is 7.08. The molecule has 1 aromatic rings. The van der Waals surface area contributed by atoms with Crippen molar-refractivity contribution >= 4 is 11.8 Å². The van der Waals surface area contributed by atoms with Gasteiger partial charge in [0.15, 0.2) is 0 Å². The van der Waals surface area contributed by atoms with E-state index >= 15 is 0 Å².